The van der Waals surface area contributed by atoms with Gasteiger partial charge < -0.3 is 5.11 Å². The molecule has 1 nitrogen and oxygen atoms in total. The lowest BCUT2D eigenvalue weighted by molar-refractivity contribution is 0.250. The molecule has 2 heteroatoms. The highest BCUT2D eigenvalue weighted by Gasteiger charge is 2.16. The third-order valence-corrected chi connectivity index (χ3v) is 4.22. The minimum absolute atomic E-state index is 0.210. The first kappa shape index (κ1) is 7.97. The van der Waals surface area contributed by atoms with Crippen LogP contribution in [0.2, 0.25) is 0 Å². The first-order chi connectivity index (χ1) is 5.86. The lowest BCUT2D eigenvalue weighted by Crippen LogP contribution is -2.06. The molecule has 1 aromatic rings. The Morgan fingerprint density at radius 2 is 2.00 bits per heavy atom. The monoisotopic (exact) mass is 178 g/mol. The van der Waals surface area contributed by atoms with Gasteiger partial charge in [0, 0.05) is 6.16 Å². The number of benzene rings is 1. The third kappa shape index (κ3) is 1.57. The van der Waals surface area contributed by atoms with Gasteiger partial charge in [-0.1, -0.05) is 42.2 Å². The Labute approximate surface area is 73.5 Å². The predicted molar refractivity (Wildman–Crippen MR) is 53.0 cm³/mol. The van der Waals surface area contributed by atoms with Gasteiger partial charge >= 0.3 is 0 Å². The summed E-state index contributed by atoms with van der Waals surface area (Å²) in [5.41, 5.74) is 0. The molecule has 1 heterocycles. The van der Waals surface area contributed by atoms with E-state index in [4.69, 9.17) is 0 Å². The van der Waals surface area contributed by atoms with E-state index in [9.17, 15) is 5.11 Å². The van der Waals surface area contributed by atoms with Crippen LogP contribution in [0.4, 0.5) is 0 Å². The summed E-state index contributed by atoms with van der Waals surface area (Å²) >= 11 is 0. The second kappa shape index (κ2) is 3.38. The molecule has 2 atom stereocenters. The van der Waals surface area contributed by atoms with Gasteiger partial charge in [0.1, 0.15) is 0 Å². The van der Waals surface area contributed by atoms with Crippen molar-refractivity contribution in [1.82, 2.24) is 0 Å². The molecule has 62 valence electrons. The summed E-state index contributed by atoms with van der Waals surface area (Å²) in [6.07, 6.45) is 2.59. The summed E-state index contributed by atoms with van der Waals surface area (Å²) in [7, 11) is -0.210. The Balaban J connectivity index is 2.18. The van der Waals surface area contributed by atoms with Gasteiger partial charge in [0.15, 0.2) is 0 Å². The van der Waals surface area contributed by atoms with Gasteiger partial charge in [0.05, 0.1) is 6.10 Å². The molecule has 0 radical (unpaired) electrons. The molecule has 1 N–H and O–H groups in total. The van der Waals surface area contributed by atoms with E-state index in [2.05, 4.69) is 30.1 Å². The summed E-state index contributed by atoms with van der Waals surface area (Å²) in [6.45, 7) is 0. The highest BCUT2D eigenvalue weighted by atomic mass is 31.1. The van der Waals surface area contributed by atoms with Crippen LogP contribution in [0.15, 0.2) is 42.2 Å². The van der Waals surface area contributed by atoms with E-state index in [0.29, 0.717) is 0 Å². The van der Waals surface area contributed by atoms with Crippen LogP contribution in [-0.2, 0) is 0 Å². The van der Waals surface area contributed by atoms with E-state index in [1.807, 2.05) is 12.1 Å². The van der Waals surface area contributed by atoms with Crippen LogP contribution in [0.1, 0.15) is 0 Å². The third-order valence-electron chi connectivity index (χ3n) is 1.96. The van der Waals surface area contributed by atoms with E-state index in [-0.39, 0.29) is 14.0 Å². The molecule has 0 aromatic heterocycles. The first-order valence-electron chi connectivity index (χ1n) is 4.04. The van der Waals surface area contributed by atoms with Gasteiger partial charge in [0.25, 0.3) is 0 Å². The van der Waals surface area contributed by atoms with Gasteiger partial charge in [0.2, 0.25) is 0 Å². The van der Waals surface area contributed by atoms with Gasteiger partial charge in [-0.05, 0) is 13.2 Å². The van der Waals surface area contributed by atoms with Gasteiger partial charge in [-0.25, -0.2) is 0 Å². The summed E-state index contributed by atoms with van der Waals surface area (Å²) in [5.74, 6) is 2.15. The van der Waals surface area contributed by atoms with Crippen LogP contribution in [0.25, 0.3) is 0 Å². The Hall–Kier alpha value is -0.650. The van der Waals surface area contributed by atoms with Crippen molar-refractivity contribution >= 4 is 13.2 Å². The zero-order valence-electron chi connectivity index (χ0n) is 6.72. The van der Waals surface area contributed by atoms with Crippen LogP contribution < -0.4 is 5.30 Å². The second-order valence-electron chi connectivity index (χ2n) is 2.90. The number of aliphatic hydroxyl groups is 1. The zero-order valence-corrected chi connectivity index (χ0v) is 7.61. The molecule has 0 spiro atoms. The van der Waals surface area contributed by atoms with Gasteiger partial charge in [-0.15, -0.1) is 0 Å². The average Bonchev–Trinajstić information content (AvgIpc) is 2.54. The molecular formula is C10H11OP. The normalized spacial score (nSPS) is 27.8. The van der Waals surface area contributed by atoms with E-state index in [0.717, 1.165) is 6.16 Å². The van der Waals surface area contributed by atoms with Crippen LogP contribution in [0.3, 0.4) is 0 Å². The molecule has 1 aliphatic heterocycles. The maximum atomic E-state index is 9.29. The molecule has 0 amide bonds. The molecule has 2 rings (SSSR count). The lowest BCUT2D eigenvalue weighted by atomic mass is 10.4. The Morgan fingerprint density at radius 1 is 1.25 bits per heavy atom. The van der Waals surface area contributed by atoms with Crippen molar-refractivity contribution in [3.05, 3.63) is 42.2 Å². The van der Waals surface area contributed by atoms with Crippen molar-refractivity contribution in [1.29, 1.82) is 0 Å². The summed E-state index contributed by atoms with van der Waals surface area (Å²) in [4.78, 5) is 0. The quantitative estimate of drug-likeness (QED) is 0.649. The van der Waals surface area contributed by atoms with Crippen LogP contribution in [0.5, 0.6) is 0 Å². The smallest absolute Gasteiger partial charge is 0.0769 e. The van der Waals surface area contributed by atoms with Crippen LogP contribution in [-0.4, -0.2) is 17.4 Å². The molecule has 1 aliphatic rings. The van der Waals surface area contributed by atoms with Crippen molar-refractivity contribution < 1.29 is 5.11 Å². The standard InChI is InChI=1S/C10H11OP/c11-9-6-7-12(8-9)10-4-2-1-3-5-10/h1-7,9,11H,8H2/t9-,12-/m1/s1. The van der Waals surface area contributed by atoms with Crippen molar-refractivity contribution in [3.63, 3.8) is 0 Å². The minimum Gasteiger partial charge on any atom is -0.389 e. The highest BCUT2D eigenvalue weighted by molar-refractivity contribution is 7.69. The number of rotatable bonds is 1. The maximum Gasteiger partial charge on any atom is 0.0769 e. The molecular weight excluding hydrogens is 167 g/mol. The molecule has 0 aliphatic carbocycles. The van der Waals surface area contributed by atoms with Gasteiger partial charge in [-0.2, -0.15) is 0 Å². The fourth-order valence-electron chi connectivity index (χ4n) is 1.34. The fraction of sp³-hybridized carbons (Fsp3) is 0.200. The predicted octanol–water partition coefficient (Wildman–Crippen LogP) is 1.68. The summed E-state index contributed by atoms with van der Waals surface area (Å²) in [5, 5.41) is 10.7. The van der Waals surface area contributed by atoms with E-state index >= 15 is 0 Å². The summed E-state index contributed by atoms with van der Waals surface area (Å²) < 4.78 is 0. The number of aliphatic hydroxyl groups excluding tert-OH is 1. The molecule has 0 unspecified atom stereocenters. The van der Waals surface area contributed by atoms with Crippen LogP contribution >= 0.6 is 7.92 Å². The Kier molecular flexibility index (Phi) is 2.25. The molecule has 0 fully saturated rings. The zero-order chi connectivity index (χ0) is 8.39. The minimum atomic E-state index is -0.212. The van der Waals surface area contributed by atoms with Crippen LogP contribution in [0, 0.1) is 0 Å². The summed E-state index contributed by atoms with van der Waals surface area (Å²) in [6, 6.07) is 10.4. The van der Waals surface area contributed by atoms with E-state index in [1.54, 1.807) is 0 Å². The van der Waals surface area contributed by atoms with E-state index in [1.165, 1.54) is 5.30 Å². The van der Waals surface area contributed by atoms with Gasteiger partial charge in [-0.3, -0.25) is 0 Å². The average molecular weight is 178 g/mol. The first-order valence-corrected chi connectivity index (χ1v) is 5.64. The maximum absolute atomic E-state index is 9.29. The van der Waals surface area contributed by atoms with Crippen molar-refractivity contribution in [2.75, 3.05) is 6.16 Å². The van der Waals surface area contributed by atoms with Crippen molar-refractivity contribution in [3.8, 4) is 0 Å². The number of hydrogen-bond donors (Lipinski definition) is 1. The van der Waals surface area contributed by atoms with Crippen molar-refractivity contribution in [2.45, 2.75) is 6.10 Å². The Morgan fingerprint density at radius 3 is 2.58 bits per heavy atom. The molecule has 0 bridgehead atoms. The Bertz CT molecular complexity index is 281. The highest BCUT2D eigenvalue weighted by Crippen LogP contribution is 2.41. The second-order valence-corrected chi connectivity index (χ2v) is 5.02. The molecule has 0 saturated carbocycles. The SMILES string of the molecule is O[C@@H]1C=C[P@@](c2ccccc2)C1. The largest absolute Gasteiger partial charge is 0.389 e. The lowest BCUT2D eigenvalue weighted by Gasteiger charge is -2.08. The fourth-order valence-corrected chi connectivity index (χ4v) is 3.33. The topological polar surface area (TPSA) is 20.2 Å². The molecule has 0 saturated heterocycles. The van der Waals surface area contributed by atoms with Crippen molar-refractivity contribution in [2.24, 2.45) is 0 Å². The molecule has 1 aromatic carbocycles. The van der Waals surface area contributed by atoms with E-state index < -0.39 is 0 Å². The number of hydrogen-bond acceptors (Lipinski definition) is 1. The molecule has 12 heavy (non-hydrogen) atoms.